The largest absolute Gasteiger partial charge is 0.446 e. The van der Waals surface area contributed by atoms with Crippen LogP contribution in [-0.4, -0.2) is 27.3 Å². The number of thiophene rings is 1. The Bertz CT molecular complexity index is 930. The molecule has 126 valence electrons. The summed E-state index contributed by atoms with van der Waals surface area (Å²) in [5.41, 5.74) is 2.05. The van der Waals surface area contributed by atoms with Gasteiger partial charge in [-0.1, -0.05) is 36.0 Å². The number of carbonyl (C=O) groups is 1. The highest BCUT2D eigenvalue weighted by Gasteiger charge is 2.34. The second kappa shape index (κ2) is 6.45. The summed E-state index contributed by atoms with van der Waals surface area (Å²) in [5, 5.41) is 10.9. The van der Waals surface area contributed by atoms with E-state index in [-0.39, 0.29) is 5.91 Å². The molecule has 0 spiro atoms. The lowest BCUT2D eigenvalue weighted by Gasteiger charge is -2.28. The van der Waals surface area contributed by atoms with E-state index in [1.165, 1.54) is 30.0 Å². The van der Waals surface area contributed by atoms with Crippen molar-refractivity contribution in [3.63, 3.8) is 0 Å². The van der Waals surface area contributed by atoms with Gasteiger partial charge in [0.25, 0.3) is 0 Å². The third kappa shape index (κ3) is 2.77. The molecule has 8 heteroatoms. The molecular weight excluding hydrogens is 356 g/mol. The molecule has 1 amide bonds. The fourth-order valence-electron chi connectivity index (χ4n) is 2.76. The Hall–Kier alpha value is -2.45. The van der Waals surface area contributed by atoms with Crippen LogP contribution in [0.4, 0.5) is 5.69 Å². The fourth-order valence-corrected chi connectivity index (χ4v) is 3.79. The van der Waals surface area contributed by atoms with Crippen molar-refractivity contribution in [2.24, 2.45) is 0 Å². The molecule has 4 rings (SSSR count). The molecule has 0 N–H and O–H groups in total. The molecule has 1 atom stereocenters. The Balaban J connectivity index is 1.98. The number of para-hydroxylation sites is 1. The van der Waals surface area contributed by atoms with Crippen molar-refractivity contribution in [3.8, 4) is 17.1 Å². The number of nitrogens with zero attached hydrogens (tertiary/aromatic N) is 4. The summed E-state index contributed by atoms with van der Waals surface area (Å²) in [6.07, 6.45) is 1.29. The summed E-state index contributed by atoms with van der Waals surface area (Å²) in [7, 11) is 0. The van der Waals surface area contributed by atoms with Gasteiger partial charge in [-0.05, 0) is 23.8 Å². The van der Waals surface area contributed by atoms with Gasteiger partial charge in [0, 0.05) is 12.5 Å². The van der Waals surface area contributed by atoms with Gasteiger partial charge in [-0.3, -0.25) is 9.69 Å². The number of ether oxygens (including phenoxy) is 1. The van der Waals surface area contributed by atoms with E-state index in [2.05, 4.69) is 15.2 Å². The first kappa shape index (κ1) is 16.0. The highest BCUT2D eigenvalue weighted by Crippen LogP contribution is 2.43. The zero-order chi connectivity index (χ0) is 17.4. The van der Waals surface area contributed by atoms with Gasteiger partial charge < -0.3 is 4.74 Å². The van der Waals surface area contributed by atoms with Crippen molar-refractivity contribution in [3.05, 3.63) is 46.7 Å². The Kier molecular flexibility index (Phi) is 4.14. The number of fused-ring (bicyclic) bond motifs is 3. The third-order valence-corrected chi connectivity index (χ3v) is 5.26. The van der Waals surface area contributed by atoms with E-state index in [0.717, 1.165) is 16.1 Å². The van der Waals surface area contributed by atoms with E-state index in [1.54, 1.807) is 4.90 Å². The van der Waals surface area contributed by atoms with Gasteiger partial charge in [0.2, 0.25) is 23.2 Å². The molecule has 3 heterocycles. The van der Waals surface area contributed by atoms with Crippen molar-refractivity contribution >= 4 is 34.7 Å². The van der Waals surface area contributed by atoms with Crippen LogP contribution in [0.15, 0.2) is 46.9 Å². The van der Waals surface area contributed by atoms with Gasteiger partial charge in [-0.15, -0.1) is 21.5 Å². The Morgan fingerprint density at radius 2 is 2.08 bits per heavy atom. The normalized spacial score (nSPS) is 15.8. The van der Waals surface area contributed by atoms with Crippen LogP contribution < -0.4 is 9.64 Å². The number of anilines is 1. The highest BCUT2D eigenvalue weighted by atomic mass is 32.2. The lowest BCUT2D eigenvalue weighted by molar-refractivity contribution is -0.118. The van der Waals surface area contributed by atoms with E-state index < -0.39 is 6.23 Å². The minimum Gasteiger partial charge on any atom is -0.446 e. The number of thioether (sulfide) groups is 1. The van der Waals surface area contributed by atoms with Gasteiger partial charge in [0.05, 0.1) is 10.6 Å². The lowest BCUT2D eigenvalue weighted by atomic mass is 10.1. The Labute approximate surface area is 152 Å². The first-order valence-electron chi connectivity index (χ1n) is 7.57. The Morgan fingerprint density at radius 1 is 1.24 bits per heavy atom. The van der Waals surface area contributed by atoms with Crippen molar-refractivity contribution in [2.75, 3.05) is 11.2 Å². The van der Waals surface area contributed by atoms with E-state index >= 15 is 0 Å². The molecular formula is C17H14N4O2S2. The topological polar surface area (TPSA) is 68.2 Å². The van der Waals surface area contributed by atoms with E-state index in [9.17, 15) is 4.79 Å². The fraction of sp³-hybridized carbons (Fsp3) is 0.176. The minimum absolute atomic E-state index is 0.114. The van der Waals surface area contributed by atoms with Crippen LogP contribution >= 0.6 is 23.1 Å². The number of rotatable bonds is 2. The van der Waals surface area contributed by atoms with E-state index in [1.807, 2.05) is 48.0 Å². The minimum atomic E-state index is -0.591. The Morgan fingerprint density at radius 3 is 2.80 bits per heavy atom. The van der Waals surface area contributed by atoms with Crippen molar-refractivity contribution in [1.29, 1.82) is 0 Å². The molecule has 1 aromatic carbocycles. The SMILES string of the molecule is CSc1nnc2c(n1)OC(c1cccs1)N(C(C)=O)c1ccccc1-2. The summed E-state index contributed by atoms with van der Waals surface area (Å²) in [4.78, 5) is 19.5. The number of hydrogen-bond acceptors (Lipinski definition) is 7. The maximum Gasteiger partial charge on any atom is 0.247 e. The molecule has 0 saturated heterocycles. The lowest BCUT2D eigenvalue weighted by Crippen LogP contribution is -2.35. The second-order valence-corrected chi connectivity index (χ2v) is 7.10. The molecule has 0 fully saturated rings. The molecule has 3 aromatic rings. The standard InChI is InChI=1S/C17H14N4O2S2/c1-10(22)21-12-7-4-3-6-11(12)14-15(18-17(24-2)20-19-14)23-16(21)13-8-5-9-25-13/h3-9,16H,1-2H3. The van der Waals surface area contributed by atoms with E-state index in [4.69, 9.17) is 4.74 Å². The van der Waals surface area contributed by atoms with Gasteiger partial charge in [0.1, 0.15) is 0 Å². The zero-order valence-corrected chi connectivity index (χ0v) is 15.2. The van der Waals surface area contributed by atoms with Gasteiger partial charge >= 0.3 is 0 Å². The average Bonchev–Trinajstić information content (AvgIpc) is 3.11. The molecule has 1 aliphatic heterocycles. The molecule has 0 aliphatic carbocycles. The van der Waals surface area contributed by atoms with Gasteiger partial charge in [-0.25, -0.2) is 0 Å². The summed E-state index contributed by atoms with van der Waals surface area (Å²) in [6, 6.07) is 11.5. The molecule has 0 bridgehead atoms. The van der Waals surface area contributed by atoms with Gasteiger partial charge in [0.15, 0.2) is 5.69 Å². The summed E-state index contributed by atoms with van der Waals surface area (Å²) in [5.74, 6) is 0.269. The van der Waals surface area contributed by atoms with E-state index in [0.29, 0.717) is 16.7 Å². The average molecular weight is 370 g/mol. The second-order valence-electron chi connectivity index (χ2n) is 5.34. The molecule has 2 aromatic heterocycles. The number of amides is 1. The van der Waals surface area contributed by atoms with Crippen LogP contribution in [0.25, 0.3) is 11.3 Å². The van der Waals surface area contributed by atoms with Crippen LogP contribution in [0.3, 0.4) is 0 Å². The molecule has 0 radical (unpaired) electrons. The van der Waals surface area contributed by atoms with Crippen LogP contribution in [0, 0.1) is 0 Å². The highest BCUT2D eigenvalue weighted by molar-refractivity contribution is 7.98. The molecule has 6 nitrogen and oxygen atoms in total. The number of carbonyl (C=O) groups excluding carboxylic acids is 1. The van der Waals surface area contributed by atoms with Crippen LogP contribution in [0.1, 0.15) is 18.0 Å². The number of hydrogen-bond donors (Lipinski definition) is 0. The van der Waals surface area contributed by atoms with Crippen LogP contribution in [-0.2, 0) is 4.79 Å². The zero-order valence-electron chi connectivity index (χ0n) is 13.5. The predicted molar refractivity (Wildman–Crippen MR) is 97.9 cm³/mol. The first-order chi connectivity index (χ1) is 12.2. The van der Waals surface area contributed by atoms with Crippen LogP contribution in [0.5, 0.6) is 5.88 Å². The smallest absolute Gasteiger partial charge is 0.247 e. The summed E-state index contributed by atoms with van der Waals surface area (Å²) < 4.78 is 6.19. The van der Waals surface area contributed by atoms with Crippen molar-refractivity contribution in [2.45, 2.75) is 18.3 Å². The first-order valence-corrected chi connectivity index (χ1v) is 9.67. The van der Waals surface area contributed by atoms with Crippen molar-refractivity contribution < 1.29 is 9.53 Å². The summed E-state index contributed by atoms with van der Waals surface area (Å²) in [6.45, 7) is 1.53. The van der Waals surface area contributed by atoms with Gasteiger partial charge in [-0.2, -0.15) is 4.98 Å². The van der Waals surface area contributed by atoms with Crippen LogP contribution in [0.2, 0.25) is 0 Å². The number of aromatic nitrogens is 3. The monoisotopic (exact) mass is 370 g/mol. The maximum absolute atomic E-state index is 12.5. The third-order valence-electron chi connectivity index (χ3n) is 3.82. The number of benzene rings is 1. The molecule has 0 saturated carbocycles. The predicted octanol–water partition coefficient (Wildman–Crippen LogP) is 3.77. The molecule has 1 aliphatic rings. The van der Waals surface area contributed by atoms with Crippen molar-refractivity contribution in [1.82, 2.24) is 15.2 Å². The molecule has 25 heavy (non-hydrogen) atoms. The quantitative estimate of drug-likeness (QED) is 0.640. The molecule has 1 unspecified atom stereocenters. The maximum atomic E-state index is 12.5. The summed E-state index contributed by atoms with van der Waals surface area (Å²) >= 11 is 2.92.